The van der Waals surface area contributed by atoms with E-state index >= 15 is 0 Å². The Bertz CT molecular complexity index is 1030. The smallest absolute Gasteiger partial charge is 0.335 e. The summed E-state index contributed by atoms with van der Waals surface area (Å²) in [4.78, 5) is 37.5. The Morgan fingerprint density at radius 1 is 1.14 bits per heavy atom. The third-order valence-corrected chi connectivity index (χ3v) is 5.30. The zero-order valence-corrected chi connectivity index (χ0v) is 16.7. The fourth-order valence-electron chi connectivity index (χ4n) is 2.54. The first-order chi connectivity index (χ1) is 13.9. The summed E-state index contributed by atoms with van der Waals surface area (Å²) in [6.45, 7) is -0.248. The van der Waals surface area contributed by atoms with E-state index in [-0.39, 0.29) is 18.0 Å². The lowest BCUT2D eigenvalue weighted by Gasteiger charge is -2.14. The lowest BCUT2D eigenvalue weighted by Crippen LogP contribution is -2.36. The monoisotopic (exact) mass is 424 g/mol. The molecule has 0 atom stereocenters. The van der Waals surface area contributed by atoms with Crippen LogP contribution in [-0.2, 0) is 9.59 Å². The van der Waals surface area contributed by atoms with Crippen LogP contribution >= 0.6 is 24.0 Å². The molecule has 0 radical (unpaired) electrons. The molecule has 1 saturated heterocycles. The summed E-state index contributed by atoms with van der Waals surface area (Å²) in [5.41, 5.74) is 1.39. The van der Waals surface area contributed by atoms with E-state index in [2.05, 4.69) is 5.32 Å². The Balaban J connectivity index is 1.63. The summed E-state index contributed by atoms with van der Waals surface area (Å²) in [7, 11) is 0. The standard InChI is InChI=1S/C21H16N2O4S2/c24-18(22-16-10-5-9-15(12-16)20(26)27)13-23-19(25)17(29-21(23)28)11-4-8-14-6-2-1-3-7-14/h1-12H,13H2,(H,22,24)(H,26,27)/b8-4+,17-11-. The first kappa shape index (κ1) is 20.5. The van der Waals surface area contributed by atoms with Gasteiger partial charge in [0, 0.05) is 5.69 Å². The van der Waals surface area contributed by atoms with Gasteiger partial charge in [-0.05, 0) is 29.8 Å². The van der Waals surface area contributed by atoms with E-state index in [1.165, 1.54) is 23.1 Å². The maximum absolute atomic E-state index is 12.5. The largest absolute Gasteiger partial charge is 0.478 e. The number of nitrogens with one attached hydrogen (secondary N) is 1. The highest BCUT2D eigenvalue weighted by molar-refractivity contribution is 8.26. The van der Waals surface area contributed by atoms with Gasteiger partial charge in [-0.2, -0.15) is 0 Å². The van der Waals surface area contributed by atoms with Crippen molar-refractivity contribution in [1.82, 2.24) is 4.90 Å². The maximum Gasteiger partial charge on any atom is 0.335 e. The van der Waals surface area contributed by atoms with Crippen LogP contribution in [0.5, 0.6) is 0 Å². The van der Waals surface area contributed by atoms with Crippen molar-refractivity contribution in [3.05, 3.63) is 82.8 Å². The van der Waals surface area contributed by atoms with Crippen LogP contribution in [0.2, 0.25) is 0 Å². The summed E-state index contributed by atoms with van der Waals surface area (Å²) in [5, 5.41) is 11.6. The number of amides is 2. The first-order valence-corrected chi connectivity index (χ1v) is 9.77. The number of anilines is 1. The molecule has 2 N–H and O–H groups in total. The van der Waals surface area contributed by atoms with E-state index in [4.69, 9.17) is 17.3 Å². The van der Waals surface area contributed by atoms with E-state index in [1.54, 1.807) is 18.2 Å². The number of aromatic carboxylic acids is 1. The molecule has 0 aromatic heterocycles. The second-order valence-corrected chi connectivity index (χ2v) is 7.67. The normalized spacial score (nSPS) is 15.3. The van der Waals surface area contributed by atoms with Gasteiger partial charge >= 0.3 is 5.97 Å². The molecule has 1 aliphatic heterocycles. The Morgan fingerprint density at radius 2 is 1.90 bits per heavy atom. The van der Waals surface area contributed by atoms with Crippen LogP contribution < -0.4 is 5.32 Å². The number of hydrogen-bond donors (Lipinski definition) is 2. The van der Waals surface area contributed by atoms with E-state index in [1.807, 2.05) is 36.4 Å². The number of carbonyl (C=O) groups excluding carboxylic acids is 2. The van der Waals surface area contributed by atoms with Crippen molar-refractivity contribution in [3.8, 4) is 0 Å². The summed E-state index contributed by atoms with van der Waals surface area (Å²) >= 11 is 6.35. The number of thioether (sulfide) groups is 1. The van der Waals surface area contributed by atoms with Crippen molar-refractivity contribution in [1.29, 1.82) is 0 Å². The molecule has 1 heterocycles. The van der Waals surface area contributed by atoms with Crippen molar-refractivity contribution in [2.45, 2.75) is 0 Å². The van der Waals surface area contributed by atoms with Gasteiger partial charge in [-0.1, -0.05) is 72.5 Å². The molecule has 6 nitrogen and oxygen atoms in total. The van der Waals surface area contributed by atoms with Crippen molar-refractivity contribution in [2.24, 2.45) is 0 Å². The Morgan fingerprint density at radius 3 is 2.62 bits per heavy atom. The molecule has 2 amide bonds. The van der Waals surface area contributed by atoms with Crippen molar-refractivity contribution >= 4 is 57.8 Å². The van der Waals surface area contributed by atoms with E-state index in [9.17, 15) is 14.4 Å². The van der Waals surface area contributed by atoms with Gasteiger partial charge in [-0.25, -0.2) is 4.79 Å². The number of carboxylic acid groups (broad SMARTS) is 1. The molecule has 3 rings (SSSR count). The summed E-state index contributed by atoms with van der Waals surface area (Å²) in [6.07, 6.45) is 5.30. The zero-order chi connectivity index (χ0) is 20.8. The molecule has 29 heavy (non-hydrogen) atoms. The summed E-state index contributed by atoms with van der Waals surface area (Å²) in [5.74, 6) is -1.90. The van der Waals surface area contributed by atoms with E-state index in [0.29, 0.717) is 14.9 Å². The number of rotatable bonds is 6. The molecule has 146 valence electrons. The maximum atomic E-state index is 12.5. The number of carboxylic acids is 1. The van der Waals surface area contributed by atoms with Crippen LogP contribution in [0.1, 0.15) is 15.9 Å². The highest BCUT2D eigenvalue weighted by Crippen LogP contribution is 2.30. The lowest BCUT2D eigenvalue weighted by atomic mass is 10.2. The average Bonchev–Trinajstić information content (AvgIpc) is 2.96. The quantitative estimate of drug-likeness (QED) is 0.542. The fourth-order valence-corrected chi connectivity index (χ4v) is 3.74. The minimum absolute atomic E-state index is 0.0570. The van der Waals surface area contributed by atoms with Crippen LogP contribution in [-0.4, -0.2) is 38.7 Å². The van der Waals surface area contributed by atoms with Gasteiger partial charge in [0.05, 0.1) is 10.5 Å². The number of allylic oxidation sites excluding steroid dienone is 2. The van der Waals surface area contributed by atoms with Crippen molar-refractivity contribution in [2.75, 3.05) is 11.9 Å². The van der Waals surface area contributed by atoms with Gasteiger partial charge in [0.15, 0.2) is 0 Å². The summed E-state index contributed by atoms with van der Waals surface area (Å²) in [6, 6.07) is 15.5. The van der Waals surface area contributed by atoms with Crippen LogP contribution in [0.4, 0.5) is 5.69 Å². The SMILES string of the molecule is O=C(CN1C(=O)/C(=C/C=C/c2ccccc2)SC1=S)Nc1cccc(C(=O)O)c1. The van der Waals surface area contributed by atoms with Gasteiger partial charge in [-0.3, -0.25) is 14.5 Å². The Kier molecular flexibility index (Phi) is 6.58. The van der Waals surface area contributed by atoms with Crippen LogP contribution in [0.25, 0.3) is 6.08 Å². The first-order valence-electron chi connectivity index (χ1n) is 8.54. The van der Waals surface area contributed by atoms with Crippen molar-refractivity contribution < 1.29 is 19.5 Å². The van der Waals surface area contributed by atoms with E-state index < -0.39 is 11.9 Å². The van der Waals surface area contributed by atoms with Gasteiger partial charge in [-0.15, -0.1) is 0 Å². The summed E-state index contributed by atoms with van der Waals surface area (Å²) < 4.78 is 0.295. The molecule has 0 spiro atoms. The van der Waals surface area contributed by atoms with E-state index in [0.717, 1.165) is 17.3 Å². The van der Waals surface area contributed by atoms with Crippen LogP contribution in [0, 0.1) is 0 Å². The molecular formula is C21H16N2O4S2. The molecule has 2 aromatic rings. The molecule has 8 heteroatoms. The van der Waals surface area contributed by atoms with Gasteiger partial charge in [0.1, 0.15) is 10.9 Å². The topological polar surface area (TPSA) is 86.7 Å². The number of thiocarbonyl (C=S) groups is 1. The second kappa shape index (κ2) is 9.31. The number of nitrogens with zero attached hydrogens (tertiary/aromatic N) is 1. The predicted molar refractivity (Wildman–Crippen MR) is 117 cm³/mol. The Labute approximate surface area is 176 Å². The highest BCUT2D eigenvalue weighted by Gasteiger charge is 2.33. The van der Waals surface area contributed by atoms with Crippen LogP contribution in [0.3, 0.4) is 0 Å². The Hall–Kier alpha value is -3.23. The molecule has 0 saturated carbocycles. The third kappa shape index (κ3) is 5.40. The van der Waals surface area contributed by atoms with Gasteiger partial charge in [0.2, 0.25) is 5.91 Å². The zero-order valence-electron chi connectivity index (χ0n) is 15.1. The molecule has 2 aromatic carbocycles. The minimum Gasteiger partial charge on any atom is -0.478 e. The fraction of sp³-hybridized carbons (Fsp3) is 0.0476. The van der Waals surface area contributed by atoms with Gasteiger partial charge in [0.25, 0.3) is 5.91 Å². The molecule has 1 fully saturated rings. The molecule has 1 aliphatic rings. The second-order valence-electron chi connectivity index (χ2n) is 5.99. The minimum atomic E-state index is -1.09. The molecule has 0 aliphatic carbocycles. The third-order valence-electron chi connectivity index (χ3n) is 3.90. The van der Waals surface area contributed by atoms with Gasteiger partial charge < -0.3 is 10.4 Å². The average molecular weight is 425 g/mol. The van der Waals surface area contributed by atoms with Crippen LogP contribution in [0.15, 0.2) is 71.7 Å². The molecule has 0 unspecified atom stereocenters. The number of hydrogen-bond acceptors (Lipinski definition) is 5. The van der Waals surface area contributed by atoms with Crippen molar-refractivity contribution in [3.63, 3.8) is 0 Å². The number of carbonyl (C=O) groups is 3. The predicted octanol–water partition coefficient (Wildman–Crippen LogP) is 3.78. The molecule has 0 bridgehead atoms. The highest BCUT2D eigenvalue weighted by atomic mass is 32.2. The number of benzene rings is 2. The lowest BCUT2D eigenvalue weighted by molar-refractivity contribution is -0.126. The molecular weight excluding hydrogens is 408 g/mol.